The van der Waals surface area contributed by atoms with Crippen LogP contribution in [0.4, 0.5) is 17.6 Å². The Morgan fingerprint density at radius 3 is 1.77 bits per heavy atom. The summed E-state index contributed by atoms with van der Waals surface area (Å²) in [5.41, 5.74) is 0. The second-order valence-corrected chi connectivity index (χ2v) is 3.97. The maximum absolute atomic E-state index is 12.6. The fourth-order valence-corrected chi connectivity index (χ4v) is 1.49. The molecule has 78 valence electrons. The normalized spacial score (nSPS) is 27.0. The van der Waals surface area contributed by atoms with Crippen LogP contribution in [0, 0.1) is 5.92 Å². The van der Waals surface area contributed by atoms with Crippen LogP contribution in [0.25, 0.3) is 0 Å². The van der Waals surface area contributed by atoms with Crippen LogP contribution in [0.5, 0.6) is 0 Å². The van der Waals surface area contributed by atoms with Gasteiger partial charge in [0.2, 0.25) is 0 Å². The van der Waals surface area contributed by atoms with Gasteiger partial charge in [0.1, 0.15) is 0 Å². The summed E-state index contributed by atoms with van der Waals surface area (Å²) in [4.78, 5) is 1.12. The third-order valence-electron chi connectivity index (χ3n) is 2.00. The average molecular weight is 199 g/mol. The van der Waals surface area contributed by atoms with Gasteiger partial charge in [0.25, 0.3) is 0 Å². The van der Waals surface area contributed by atoms with Crippen LogP contribution in [0.2, 0.25) is 0 Å². The van der Waals surface area contributed by atoms with Gasteiger partial charge in [-0.15, -0.1) is 0 Å². The van der Waals surface area contributed by atoms with E-state index in [2.05, 4.69) is 0 Å². The molecule has 1 nitrogen and oxygen atoms in total. The lowest BCUT2D eigenvalue weighted by Crippen LogP contribution is -2.38. The summed E-state index contributed by atoms with van der Waals surface area (Å²) in [5, 5.41) is 0. The minimum Gasteiger partial charge on any atom is -0.291 e. The van der Waals surface area contributed by atoms with Crippen molar-refractivity contribution in [2.75, 3.05) is 19.6 Å². The van der Waals surface area contributed by atoms with Gasteiger partial charge >= 0.3 is 11.8 Å². The molecule has 0 saturated carbocycles. The number of hydrogen-bond acceptors (Lipinski definition) is 1. The minimum atomic E-state index is -3.86. The van der Waals surface area contributed by atoms with E-state index in [1.807, 2.05) is 13.8 Å². The van der Waals surface area contributed by atoms with Crippen molar-refractivity contribution in [1.82, 2.24) is 4.90 Å². The summed E-state index contributed by atoms with van der Waals surface area (Å²) in [6, 6.07) is 0. The zero-order valence-electron chi connectivity index (χ0n) is 7.66. The molecule has 1 aliphatic heterocycles. The molecule has 0 aromatic rings. The third kappa shape index (κ3) is 2.13. The Bertz CT molecular complexity index is 175. The first-order valence-electron chi connectivity index (χ1n) is 4.22. The Hall–Kier alpha value is -0.320. The van der Waals surface area contributed by atoms with E-state index in [-0.39, 0.29) is 5.92 Å². The van der Waals surface area contributed by atoms with E-state index < -0.39 is 24.9 Å². The highest BCUT2D eigenvalue weighted by atomic mass is 19.3. The van der Waals surface area contributed by atoms with E-state index in [0.29, 0.717) is 6.54 Å². The van der Waals surface area contributed by atoms with Gasteiger partial charge in [0, 0.05) is 6.54 Å². The van der Waals surface area contributed by atoms with Crippen LogP contribution >= 0.6 is 0 Å². The molecule has 0 amide bonds. The fourth-order valence-electron chi connectivity index (χ4n) is 1.49. The van der Waals surface area contributed by atoms with Gasteiger partial charge in [0.15, 0.2) is 0 Å². The minimum absolute atomic E-state index is 0.129. The molecular formula is C8H13F4N. The first kappa shape index (κ1) is 10.8. The molecule has 1 saturated heterocycles. The standard InChI is InChI=1S/C8H13F4N/c1-6(2)3-13-4-7(9,10)8(11,12)5-13/h6H,3-5H2,1-2H3. The van der Waals surface area contributed by atoms with E-state index in [0.717, 1.165) is 4.90 Å². The lowest BCUT2D eigenvalue weighted by atomic mass is 10.2. The van der Waals surface area contributed by atoms with Crippen molar-refractivity contribution in [3.8, 4) is 0 Å². The summed E-state index contributed by atoms with van der Waals surface area (Å²) in [6.45, 7) is 2.28. The molecule has 0 spiro atoms. The van der Waals surface area contributed by atoms with Crippen LogP contribution in [0.3, 0.4) is 0 Å². The Morgan fingerprint density at radius 1 is 1.08 bits per heavy atom. The highest BCUT2D eigenvalue weighted by molar-refractivity contribution is 4.97. The van der Waals surface area contributed by atoms with E-state index in [9.17, 15) is 17.6 Å². The summed E-state index contributed by atoms with van der Waals surface area (Å²) >= 11 is 0. The van der Waals surface area contributed by atoms with Crippen molar-refractivity contribution in [1.29, 1.82) is 0 Å². The molecule has 0 unspecified atom stereocenters. The molecule has 1 fully saturated rings. The highest BCUT2D eigenvalue weighted by Gasteiger charge is 2.62. The Kier molecular flexibility index (Phi) is 2.58. The quantitative estimate of drug-likeness (QED) is 0.616. The third-order valence-corrected chi connectivity index (χ3v) is 2.00. The number of hydrogen-bond donors (Lipinski definition) is 0. The smallest absolute Gasteiger partial charge is 0.291 e. The summed E-state index contributed by atoms with van der Waals surface area (Å²) in [7, 11) is 0. The fraction of sp³-hybridized carbons (Fsp3) is 1.00. The van der Waals surface area contributed by atoms with Crippen LogP contribution < -0.4 is 0 Å². The number of rotatable bonds is 2. The molecule has 0 aliphatic carbocycles. The summed E-state index contributed by atoms with van der Waals surface area (Å²) in [6.07, 6.45) is 0. The number of halogens is 4. The van der Waals surface area contributed by atoms with Crippen LogP contribution in [0.15, 0.2) is 0 Å². The Labute approximate surface area is 74.7 Å². The largest absolute Gasteiger partial charge is 0.323 e. The van der Waals surface area contributed by atoms with Gasteiger partial charge in [-0.1, -0.05) is 13.8 Å². The van der Waals surface area contributed by atoms with Crippen molar-refractivity contribution < 1.29 is 17.6 Å². The zero-order chi connectivity index (χ0) is 10.3. The van der Waals surface area contributed by atoms with Gasteiger partial charge in [-0.25, -0.2) is 0 Å². The number of nitrogens with zero attached hydrogens (tertiary/aromatic N) is 1. The summed E-state index contributed by atoms with van der Waals surface area (Å²) < 4.78 is 50.5. The highest BCUT2D eigenvalue weighted by Crippen LogP contribution is 2.40. The number of alkyl halides is 4. The Morgan fingerprint density at radius 2 is 1.46 bits per heavy atom. The summed E-state index contributed by atoms with van der Waals surface area (Å²) in [5.74, 6) is -7.59. The van der Waals surface area contributed by atoms with Gasteiger partial charge < -0.3 is 0 Å². The van der Waals surface area contributed by atoms with Crippen LogP contribution in [-0.2, 0) is 0 Å². The van der Waals surface area contributed by atoms with Crippen molar-refractivity contribution in [3.63, 3.8) is 0 Å². The molecule has 1 rings (SSSR count). The molecule has 0 aromatic heterocycles. The monoisotopic (exact) mass is 199 g/mol. The molecule has 0 atom stereocenters. The average Bonchev–Trinajstić information content (AvgIpc) is 1.98. The molecule has 1 aliphatic rings. The molecule has 0 bridgehead atoms. The molecule has 0 aromatic carbocycles. The first-order valence-corrected chi connectivity index (χ1v) is 4.22. The second kappa shape index (κ2) is 3.12. The van der Waals surface area contributed by atoms with Crippen molar-refractivity contribution in [2.24, 2.45) is 5.92 Å². The van der Waals surface area contributed by atoms with Crippen LogP contribution in [-0.4, -0.2) is 36.4 Å². The lowest BCUT2D eigenvalue weighted by molar-refractivity contribution is -0.172. The molecule has 0 N–H and O–H groups in total. The second-order valence-electron chi connectivity index (χ2n) is 3.97. The van der Waals surface area contributed by atoms with Crippen molar-refractivity contribution >= 4 is 0 Å². The molecule has 0 radical (unpaired) electrons. The van der Waals surface area contributed by atoms with E-state index in [1.165, 1.54) is 0 Å². The molecule has 5 heteroatoms. The molecule has 13 heavy (non-hydrogen) atoms. The maximum Gasteiger partial charge on any atom is 0.323 e. The van der Waals surface area contributed by atoms with Gasteiger partial charge in [-0.2, -0.15) is 17.6 Å². The molecule has 1 heterocycles. The van der Waals surface area contributed by atoms with Gasteiger partial charge in [-0.3, -0.25) is 4.90 Å². The first-order chi connectivity index (χ1) is 5.74. The number of likely N-dealkylation sites (tertiary alicyclic amines) is 1. The van der Waals surface area contributed by atoms with Crippen molar-refractivity contribution in [3.05, 3.63) is 0 Å². The van der Waals surface area contributed by atoms with Gasteiger partial charge in [-0.05, 0) is 5.92 Å². The van der Waals surface area contributed by atoms with E-state index in [1.54, 1.807) is 0 Å². The van der Waals surface area contributed by atoms with E-state index in [4.69, 9.17) is 0 Å². The van der Waals surface area contributed by atoms with Gasteiger partial charge in [0.05, 0.1) is 13.1 Å². The predicted octanol–water partition coefficient (Wildman–Crippen LogP) is 2.23. The SMILES string of the molecule is CC(C)CN1CC(F)(F)C(F)(F)C1. The van der Waals surface area contributed by atoms with E-state index >= 15 is 0 Å². The van der Waals surface area contributed by atoms with Crippen molar-refractivity contribution in [2.45, 2.75) is 25.7 Å². The van der Waals surface area contributed by atoms with Crippen LogP contribution in [0.1, 0.15) is 13.8 Å². The zero-order valence-corrected chi connectivity index (χ0v) is 7.66. The lowest BCUT2D eigenvalue weighted by Gasteiger charge is -2.16. The topological polar surface area (TPSA) is 3.24 Å². The molecular weight excluding hydrogens is 186 g/mol. The maximum atomic E-state index is 12.6. The predicted molar refractivity (Wildman–Crippen MR) is 41.2 cm³/mol. The Balaban J connectivity index is 2.60.